The predicted molar refractivity (Wildman–Crippen MR) is 116 cm³/mol. The van der Waals surface area contributed by atoms with Gasteiger partial charge in [0.1, 0.15) is 21.9 Å². The zero-order chi connectivity index (χ0) is 20.9. The molecule has 0 radical (unpaired) electrons. The molecule has 30 heavy (non-hydrogen) atoms. The van der Waals surface area contributed by atoms with Gasteiger partial charge >= 0.3 is 0 Å². The van der Waals surface area contributed by atoms with Crippen molar-refractivity contribution in [1.82, 2.24) is 19.9 Å². The molecule has 5 heterocycles. The van der Waals surface area contributed by atoms with E-state index in [2.05, 4.69) is 21.8 Å². The Labute approximate surface area is 179 Å². The molecule has 2 atom stereocenters. The van der Waals surface area contributed by atoms with Crippen molar-refractivity contribution in [3.05, 3.63) is 35.2 Å². The maximum atomic E-state index is 12.7. The van der Waals surface area contributed by atoms with E-state index in [1.54, 1.807) is 12.3 Å². The molecule has 0 bridgehead atoms. The van der Waals surface area contributed by atoms with Gasteiger partial charge in [0, 0.05) is 29.8 Å². The van der Waals surface area contributed by atoms with Crippen molar-refractivity contribution in [2.75, 3.05) is 30.4 Å². The van der Waals surface area contributed by atoms with E-state index in [-0.39, 0.29) is 11.8 Å². The van der Waals surface area contributed by atoms with Gasteiger partial charge < -0.3 is 14.6 Å². The summed E-state index contributed by atoms with van der Waals surface area (Å²) in [6, 6.07) is 5.58. The molecule has 0 aromatic carbocycles. The van der Waals surface area contributed by atoms with Crippen LogP contribution in [-0.2, 0) is 14.6 Å². The van der Waals surface area contributed by atoms with Crippen molar-refractivity contribution in [3.63, 3.8) is 0 Å². The minimum atomic E-state index is -3.22. The van der Waals surface area contributed by atoms with Crippen LogP contribution < -0.4 is 4.90 Å². The Kier molecular flexibility index (Phi) is 4.91. The Morgan fingerprint density at radius 3 is 2.90 bits per heavy atom. The zero-order valence-electron chi connectivity index (χ0n) is 16.5. The summed E-state index contributed by atoms with van der Waals surface area (Å²) in [7, 11) is -3.22. The Bertz CT molecular complexity index is 1210. The second-order valence-corrected chi connectivity index (χ2v) is 10.5. The molecule has 0 unspecified atom stereocenters. The van der Waals surface area contributed by atoms with E-state index in [4.69, 9.17) is 26.3 Å². The van der Waals surface area contributed by atoms with Gasteiger partial charge in [0.2, 0.25) is 0 Å². The predicted octanol–water partition coefficient (Wildman–Crippen LogP) is 3.15. The normalized spacial score (nSPS) is 23.9. The quantitative estimate of drug-likeness (QED) is 0.615. The van der Waals surface area contributed by atoms with Gasteiger partial charge in [0.25, 0.3) is 0 Å². The number of aromatic amines is 1. The van der Waals surface area contributed by atoms with Gasteiger partial charge in [0.15, 0.2) is 15.7 Å². The average molecular weight is 448 g/mol. The average Bonchev–Trinajstić information content (AvgIpc) is 3.32. The number of anilines is 1. The molecule has 5 rings (SSSR count). The van der Waals surface area contributed by atoms with Gasteiger partial charge in [-0.3, -0.25) is 0 Å². The summed E-state index contributed by atoms with van der Waals surface area (Å²) in [4.78, 5) is 19.1. The van der Waals surface area contributed by atoms with Gasteiger partial charge in [-0.1, -0.05) is 11.6 Å². The van der Waals surface area contributed by atoms with Crippen LogP contribution in [0, 0.1) is 0 Å². The molecule has 158 valence electrons. The number of rotatable bonds is 3. The highest BCUT2D eigenvalue weighted by atomic mass is 35.5. The fraction of sp³-hybridized carbons (Fsp3) is 0.450. The second-order valence-electron chi connectivity index (χ2n) is 7.82. The number of nitrogens with zero attached hydrogens (tertiary/aromatic N) is 4. The number of aromatic nitrogens is 4. The van der Waals surface area contributed by atoms with E-state index in [0.717, 1.165) is 10.9 Å². The van der Waals surface area contributed by atoms with E-state index in [1.165, 1.54) is 0 Å². The number of nitrogens with one attached hydrogen (secondary N) is 1. The van der Waals surface area contributed by atoms with Crippen LogP contribution in [-0.4, -0.2) is 59.9 Å². The molecule has 10 heteroatoms. The third-order valence-electron chi connectivity index (χ3n) is 5.79. The van der Waals surface area contributed by atoms with Crippen molar-refractivity contribution < 1.29 is 13.2 Å². The Hall–Kier alpha value is -2.23. The molecule has 3 aromatic rings. The first-order chi connectivity index (χ1) is 14.4. The third-order valence-corrected chi connectivity index (χ3v) is 8.19. The number of hydrogen-bond donors (Lipinski definition) is 1. The molecule has 0 amide bonds. The van der Waals surface area contributed by atoms with E-state index < -0.39 is 15.1 Å². The van der Waals surface area contributed by atoms with E-state index in [1.807, 2.05) is 12.1 Å². The number of halogens is 1. The molecule has 2 aliphatic heterocycles. The SMILES string of the molecule is C[C@@H]1COCCN1c1cc([C@H]2CCCS2(=O)=O)nc(-c2cc(Cl)nc3[nH]ccc23)n1. The van der Waals surface area contributed by atoms with Crippen molar-refractivity contribution in [3.8, 4) is 11.4 Å². The molecule has 2 fully saturated rings. The third kappa shape index (κ3) is 3.44. The Morgan fingerprint density at radius 2 is 2.13 bits per heavy atom. The van der Waals surface area contributed by atoms with E-state index in [0.29, 0.717) is 60.7 Å². The minimum absolute atomic E-state index is 0.128. The lowest BCUT2D eigenvalue weighted by Crippen LogP contribution is -2.44. The number of hydrogen-bond acceptors (Lipinski definition) is 7. The maximum Gasteiger partial charge on any atom is 0.162 e. The Balaban J connectivity index is 1.71. The largest absolute Gasteiger partial charge is 0.377 e. The van der Waals surface area contributed by atoms with Crippen LogP contribution in [0.1, 0.15) is 30.7 Å². The van der Waals surface area contributed by atoms with Gasteiger partial charge in [-0.2, -0.15) is 0 Å². The number of H-pyrrole nitrogens is 1. The van der Waals surface area contributed by atoms with Crippen LogP contribution in [0.5, 0.6) is 0 Å². The summed E-state index contributed by atoms with van der Waals surface area (Å²) in [6.07, 6.45) is 3.01. The first-order valence-corrected chi connectivity index (χ1v) is 12.1. The lowest BCUT2D eigenvalue weighted by Gasteiger charge is -2.34. The van der Waals surface area contributed by atoms with Crippen molar-refractivity contribution in [1.29, 1.82) is 0 Å². The molecule has 1 N–H and O–H groups in total. The topological polar surface area (TPSA) is 101 Å². The van der Waals surface area contributed by atoms with Crippen molar-refractivity contribution in [2.45, 2.75) is 31.1 Å². The summed E-state index contributed by atoms with van der Waals surface area (Å²) in [5, 5.41) is 0.559. The molecule has 0 saturated carbocycles. The van der Waals surface area contributed by atoms with Crippen LogP contribution in [0.15, 0.2) is 24.4 Å². The smallest absolute Gasteiger partial charge is 0.162 e. The molecule has 8 nitrogen and oxygen atoms in total. The van der Waals surface area contributed by atoms with Gasteiger partial charge in [-0.25, -0.2) is 23.4 Å². The van der Waals surface area contributed by atoms with Crippen molar-refractivity contribution >= 4 is 38.3 Å². The number of morpholine rings is 1. The van der Waals surface area contributed by atoms with Crippen LogP contribution in [0.4, 0.5) is 5.82 Å². The zero-order valence-corrected chi connectivity index (χ0v) is 18.1. The standard InChI is InChI=1S/C20H22ClN5O3S/c1-12-11-29-7-6-26(12)18-10-15(16-3-2-8-30(16,27)28)23-20(25-18)14-9-17(21)24-19-13(14)4-5-22-19/h4-5,9-10,12,16H,2-3,6-8,11H2,1H3,(H,22,24)/t12-,16-/m1/s1. The highest BCUT2D eigenvalue weighted by Gasteiger charge is 2.35. The van der Waals surface area contributed by atoms with E-state index >= 15 is 0 Å². The summed E-state index contributed by atoms with van der Waals surface area (Å²) in [5.74, 6) is 1.37. The lowest BCUT2D eigenvalue weighted by molar-refractivity contribution is 0.0985. The van der Waals surface area contributed by atoms with Crippen LogP contribution >= 0.6 is 11.6 Å². The minimum Gasteiger partial charge on any atom is -0.377 e. The monoisotopic (exact) mass is 447 g/mol. The lowest BCUT2D eigenvalue weighted by atomic mass is 10.1. The molecule has 0 aliphatic carbocycles. The summed E-state index contributed by atoms with van der Waals surface area (Å²) >= 11 is 6.24. The van der Waals surface area contributed by atoms with Crippen molar-refractivity contribution in [2.24, 2.45) is 0 Å². The fourth-order valence-electron chi connectivity index (χ4n) is 4.27. The second kappa shape index (κ2) is 7.47. The van der Waals surface area contributed by atoms with Gasteiger partial charge in [-0.05, 0) is 31.9 Å². The number of pyridine rings is 1. The molecule has 2 aliphatic rings. The number of ether oxygens (including phenoxy) is 1. The molecular formula is C20H22ClN5O3S. The number of fused-ring (bicyclic) bond motifs is 1. The summed E-state index contributed by atoms with van der Waals surface area (Å²) < 4.78 is 30.9. The van der Waals surface area contributed by atoms with Gasteiger partial charge in [-0.15, -0.1) is 0 Å². The first-order valence-electron chi connectivity index (χ1n) is 10.0. The maximum absolute atomic E-state index is 12.7. The molecule has 3 aromatic heterocycles. The highest BCUT2D eigenvalue weighted by Crippen LogP contribution is 2.37. The molecule has 0 spiro atoms. The highest BCUT2D eigenvalue weighted by molar-refractivity contribution is 7.91. The molecular weight excluding hydrogens is 426 g/mol. The first kappa shape index (κ1) is 19.7. The van der Waals surface area contributed by atoms with Crippen LogP contribution in [0.2, 0.25) is 5.15 Å². The van der Waals surface area contributed by atoms with E-state index in [9.17, 15) is 8.42 Å². The molecule has 2 saturated heterocycles. The summed E-state index contributed by atoms with van der Waals surface area (Å²) in [6.45, 7) is 3.95. The Morgan fingerprint density at radius 1 is 1.27 bits per heavy atom. The van der Waals surface area contributed by atoms with Crippen LogP contribution in [0.3, 0.4) is 0 Å². The summed E-state index contributed by atoms with van der Waals surface area (Å²) in [5.41, 5.74) is 1.91. The van der Waals surface area contributed by atoms with Crippen LogP contribution in [0.25, 0.3) is 22.4 Å². The number of sulfone groups is 1. The fourth-order valence-corrected chi connectivity index (χ4v) is 6.33. The van der Waals surface area contributed by atoms with Gasteiger partial charge in [0.05, 0.1) is 30.7 Å².